The van der Waals surface area contributed by atoms with Crippen molar-refractivity contribution in [3.63, 3.8) is 0 Å². The predicted octanol–water partition coefficient (Wildman–Crippen LogP) is 11.8. The summed E-state index contributed by atoms with van der Waals surface area (Å²) in [5.41, 5.74) is 15.1. The Balaban J connectivity index is 1.14. The summed E-state index contributed by atoms with van der Waals surface area (Å²) >= 11 is 0. The first kappa shape index (κ1) is 29.9. The largest absolute Gasteiger partial charge is 0.456 e. The number of hydrogen-bond acceptors (Lipinski definition) is 3. The molecule has 0 amide bonds. The highest BCUT2D eigenvalue weighted by molar-refractivity contribution is 6.23. The van der Waals surface area contributed by atoms with Crippen molar-refractivity contribution in [2.45, 2.75) is 6.54 Å². The van der Waals surface area contributed by atoms with Crippen molar-refractivity contribution in [2.24, 2.45) is 15.7 Å². The Labute approximate surface area is 299 Å². The van der Waals surface area contributed by atoms with Crippen LogP contribution >= 0.6 is 0 Å². The van der Waals surface area contributed by atoms with E-state index in [1.807, 2.05) is 60.7 Å². The Bertz CT molecular complexity index is 3060. The van der Waals surface area contributed by atoms with E-state index < -0.39 is 0 Å². The third-order valence-corrected chi connectivity index (χ3v) is 9.94. The van der Waals surface area contributed by atoms with Gasteiger partial charge in [0.1, 0.15) is 28.2 Å². The second kappa shape index (κ2) is 12.1. The Kier molecular flexibility index (Phi) is 6.96. The van der Waals surface area contributed by atoms with Gasteiger partial charge in [-0.05, 0) is 80.7 Å². The lowest BCUT2D eigenvalue weighted by atomic mass is 9.95. The summed E-state index contributed by atoms with van der Waals surface area (Å²) < 4.78 is 12.8. The molecule has 0 fully saturated rings. The third kappa shape index (κ3) is 5.10. The van der Waals surface area contributed by atoms with E-state index in [0.29, 0.717) is 18.2 Å². The second-order valence-electron chi connectivity index (χ2n) is 13.2. The molecule has 5 nitrogen and oxygen atoms in total. The van der Waals surface area contributed by atoms with E-state index in [9.17, 15) is 0 Å². The van der Waals surface area contributed by atoms with E-state index in [1.54, 1.807) is 0 Å². The Morgan fingerprint density at radius 1 is 0.500 bits per heavy atom. The SMILES string of the molecule is N/C(=N\C(=N/Cc1ccccc1)c1ccc2ccccc2c1)c1cccc2oc3cccc(-c4ccc5oc6cc7ccccc7cc6c5c4)c3c12. The van der Waals surface area contributed by atoms with E-state index >= 15 is 0 Å². The van der Waals surface area contributed by atoms with E-state index in [2.05, 4.69) is 103 Å². The van der Waals surface area contributed by atoms with Crippen LogP contribution in [0.15, 0.2) is 183 Å². The molecule has 2 N–H and O–H groups in total. The lowest BCUT2D eigenvalue weighted by Gasteiger charge is -2.09. The summed E-state index contributed by atoms with van der Waals surface area (Å²) in [6, 6.07) is 56.1. The topological polar surface area (TPSA) is 77.0 Å². The fourth-order valence-electron chi connectivity index (χ4n) is 7.39. The third-order valence-electron chi connectivity index (χ3n) is 9.94. The van der Waals surface area contributed by atoms with Gasteiger partial charge in [-0.2, -0.15) is 0 Å². The highest BCUT2D eigenvalue weighted by Gasteiger charge is 2.19. The van der Waals surface area contributed by atoms with Crippen molar-refractivity contribution >= 4 is 77.1 Å². The van der Waals surface area contributed by atoms with Crippen molar-refractivity contribution in [3.8, 4) is 11.1 Å². The number of aliphatic imine (C=N–C) groups is 2. The number of amidine groups is 2. The summed E-state index contributed by atoms with van der Waals surface area (Å²) in [6.07, 6.45) is 0. The van der Waals surface area contributed by atoms with Gasteiger partial charge < -0.3 is 14.6 Å². The molecule has 52 heavy (non-hydrogen) atoms. The molecule has 246 valence electrons. The molecular formula is C47H31N3O2. The van der Waals surface area contributed by atoms with Crippen LogP contribution in [0.3, 0.4) is 0 Å². The molecule has 0 saturated carbocycles. The zero-order valence-electron chi connectivity index (χ0n) is 28.1. The van der Waals surface area contributed by atoms with Gasteiger partial charge in [-0.15, -0.1) is 0 Å². The zero-order valence-corrected chi connectivity index (χ0v) is 28.1. The zero-order chi connectivity index (χ0) is 34.6. The summed E-state index contributed by atoms with van der Waals surface area (Å²) in [4.78, 5) is 10.1. The van der Waals surface area contributed by atoms with Gasteiger partial charge >= 0.3 is 0 Å². The van der Waals surface area contributed by atoms with Gasteiger partial charge in [-0.1, -0.05) is 121 Å². The van der Waals surface area contributed by atoms with Crippen LogP contribution < -0.4 is 5.73 Å². The molecule has 5 heteroatoms. The molecule has 0 aliphatic carbocycles. The van der Waals surface area contributed by atoms with Crippen molar-refractivity contribution in [3.05, 3.63) is 180 Å². The van der Waals surface area contributed by atoms with Crippen LogP contribution in [0.2, 0.25) is 0 Å². The number of furan rings is 2. The van der Waals surface area contributed by atoms with Gasteiger partial charge in [0.15, 0.2) is 5.84 Å². The number of rotatable bonds is 5. The first-order valence-electron chi connectivity index (χ1n) is 17.4. The summed E-state index contributed by atoms with van der Waals surface area (Å²) in [7, 11) is 0. The molecular weight excluding hydrogens is 639 g/mol. The molecule has 10 aromatic rings. The van der Waals surface area contributed by atoms with Crippen LogP contribution in [0.4, 0.5) is 0 Å². The maximum absolute atomic E-state index is 7.00. The minimum absolute atomic E-state index is 0.367. The molecule has 0 radical (unpaired) electrons. The molecule has 0 unspecified atom stereocenters. The van der Waals surface area contributed by atoms with Crippen LogP contribution in [0.25, 0.3) is 76.5 Å². The maximum atomic E-state index is 7.00. The number of nitrogens with two attached hydrogens (primary N) is 1. The molecule has 0 atom stereocenters. The molecule has 8 aromatic carbocycles. The fourth-order valence-corrected chi connectivity index (χ4v) is 7.39. The van der Waals surface area contributed by atoms with Gasteiger partial charge in [0.25, 0.3) is 0 Å². The first-order valence-corrected chi connectivity index (χ1v) is 17.4. The number of hydrogen-bond donors (Lipinski definition) is 1. The molecule has 0 aliphatic rings. The van der Waals surface area contributed by atoms with E-state index in [1.165, 1.54) is 5.39 Å². The highest BCUT2D eigenvalue weighted by Crippen LogP contribution is 2.41. The van der Waals surface area contributed by atoms with Crippen molar-refractivity contribution in [1.82, 2.24) is 0 Å². The Morgan fingerprint density at radius 3 is 2.00 bits per heavy atom. The summed E-state index contributed by atoms with van der Waals surface area (Å²) in [5.74, 6) is 0.938. The molecule has 0 saturated heterocycles. The smallest absolute Gasteiger partial charge is 0.157 e. The van der Waals surface area contributed by atoms with Crippen molar-refractivity contribution < 1.29 is 8.83 Å². The van der Waals surface area contributed by atoms with Crippen molar-refractivity contribution in [2.75, 3.05) is 0 Å². The minimum atomic E-state index is 0.367. The van der Waals surface area contributed by atoms with E-state index in [4.69, 9.17) is 24.6 Å². The first-order chi connectivity index (χ1) is 25.7. The highest BCUT2D eigenvalue weighted by atomic mass is 16.3. The Morgan fingerprint density at radius 2 is 1.17 bits per heavy atom. The monoisotopic (exact) mass is 669 g/mol. The predicted molar refractivity (Wildman–Crippen MR) is 215 cm³/mol. The second-order valence-corrected chi connectivity index (χ2v) is 13.2. The Hall–Kier alpha value is -6.98. The number of fused-ring (bicyclic) bond motifs is 8. The van der Waals surface area contributed by atoms with Crippen LogP contribution in [-0.4, -0.2) is 11.7 Å². The van der Waals surface area contributed by atoms with Crippen LogP contribution in [0.5, 0.6) is 0 Å². The maximum Gasteiger partial charge on any atom is 0.157 e. The lowest BCUT2D eigenvalue weighted by molar-refractivity contribution is 0.669. The van der Waals surface area contributed by atoms with Crippen LogP contribution in [0.1, 0.15) is 16.7 Å². The minimum Gasteiger partial charge on any atom is -0.456 e. The number of benzene rings is 8. The standard InChI is InChI=1S/C47H31N3O2/c48-46(50-47(49-28-29-10-2-1-3-11-29)35-21-20-30-12-4-5-13-31(30)24-35)37-17-9-19-42-45(37)44-36(16-8-18-41(44)52-42)34-22-23-40-38(26-34)39-25-32-14-6-7-15-33(32)27-43(39)51-40/h1-27H,28H2,(H2,48,49,50). The molecule has 0 aliphatic heterocycles. The fraction of sp³-hybridized carbons (Fsp3) is 0.0213. The average Bonchev–Trinajstić information content (AvgIpc) is 3.76. The van der Waals surface area contributed by atoms with Gasteiger partial charge in [0.05, 0.1) is 6.54 Å². The van der Waals surface area contributed by atoms with Gasteiger partial charge in [-0.25, -0.2) is 4.99 Å². The molecule has 0 spiro atoms. The molecule has 10 rings (SSSR count). The van der Waals surface area contributed by atoms with Gasteiger partial charge in [0, 0.05) is 32.7 Å². The summed E-state index contributed by atoms with van der Waals surface area (Å²) in [6.45, 7) is 0.476. The van der Waals surface area contributed by atoms with Crippen molar-refractivity contribution in [1.29, 1.82) is 0 Å². The molecule has 0 bridgehead atoms. The molecule has 2 heterocycles. The lowest BCUT2D eigenvalue weighted by Crippen LogP contribution is -2.17. The molecule has 2 aromatic heterocycles. The normalized spacial score (nSPS) is 12.6. The van der Waals surface area contributed by atoms with Crippen LogP contribution in [0, 0.1) is 0 Å². The van der Waals surface area contributed by atoms with Gasteiger partial charge in [-0.3, -0.25) is 4.99 Å². The summed E-state index contributed by atoms with van der Waals surface area (Å²) in [5, 5.41) is 8.67. The van der Waals surface area contributed by atoms with E-state index in [0.717, 1.165) is 87.9 Å². The average molecular weight is 670 g/mol. The van der Waals surface area contributed by atoms with Gasteiger partial charge in [0.2, 0.25) is 0 Å². The number of nitrogens with zero attached hydrogens (tertiary/aromatic N) is 2. The quantitative estimate of drug-likeness (QED) is 0.146. The van der Waals surface area contributed by atoms with E-state index in [-0.39, 0.29) is 0 Å². The van der Waals surface area contributed by atoms with Crippen LogP contribution in [-0.2, 0) is 6.54 Å².